The lowest BCUT2D eigenvalue weighted by atomic mass is 10.1. The first-order valence-corrected chi connectivity index (χ1v) is 6.56. The summed E-state index contributed by atoms with van der Waals surface area (Å²) in [5, 5.41) is 11.4. The summed E-state index contributed by atoms with van der Waals surface area (Å²) in [5.74, 6) is 1.31. The van der Waals surface area contributed by atoms with Gasteiger partial charge < -0.3 is 11.1 Å². The molecule has 0 aliphatic rings. The summed E-state index contributed by atoms with van der Waals surface area (Å²) in [7, 11) is 0. The number of hydrogen-bond acceptors (Lipinski definition) is 6. The lowest BCUT2D eigenvalue weighted by molar-refractivity contribution is 0.916. The van der Waals surface area contributed by atoms with E-state index in [-0.39, 0.29) is 0 Å². The second kappa shape index (κ2) is 5.87. The minimum absolute atomic E-state index is 0.307. The molecular weight excluding hydrogens is 272 g/mol. The molecule has 0 aliphatic heterocycles. The SMILES string of the molecule is Cc1nccc(CNc2nnc(C)c(C)c2C(N)=S)n1. The van der Waals surface area contributed by atoms with E-state index in [1.54, 1.807) is 6.20 Å². The van der Waals surface area contributed by atoms with Crippen LogP contribution >= 0.6 is 12.2 Å². The van der Waals surface area contributed by atoms with Crippen LogP contribution in [0, 0.1) is 20.8 Å². The monoisotopic (exact) mass is 288 g/mol. The molecule has 0 saturated heterocycles. The molecule has 2 heterocycles. The molecule has 2 aromatic heterocycles. The van der Waals surface area contributed by atoms with E-state index in [2.05, 4.69) is 25.5 Å². The Balaban J connectivity index is 2.26. The molecule has 20 heavy (non-hydrogen) atoms. The van der Waals surface area contributed by atoms with Crippen LogP contribution in [0.2, 0.25) is 0 Å². The molecule has 0 unspecified atom stereocenters. The number of rotatable bonds is 4. The second-order valence-corrected chi connectivity index (χ2v) is 4.89. The van der Waals surface area contributed by atoms with E-state index in [4.69, 9.17) is 18.0 Å². The Morgan fingerprint density at radius 2 is 2.05 bits per heavy atom. The lowest BCUT2D eigenvalue weighted by Crippen LogP contribution is -2.18. The van der Waals surface area contributed by atoms with Crippen LogP contribution in [0.25, 0.3) is 0 Å². The number of aryl methyl sites for hydroxylation is 2. The van der Waals surface area contributed by atoms with Crippen molar-refractivity contribution in [2.45, 2.75) is 27.3 Å². The van der Waals surface area contributed by atoms with E-state index < -0.39 is 0 Å². The predicted octanol–water partition coefficient (Wildman–Crippen LogP) is 1.44. The van der Waals surface area contributed by atoms with E-state index in [0.29, 0.717) is 17.4 Å². The van der Waals surface area contributed by atoms with Gasteiger partial charge in [0.1, 0.15) is 10.8 Å². The van der Waals surface area contributed by atoms with Crippen LogP contribution in [-0.2, 0) is 6.54 Å². The van der Waals surface area contributed by atoms with Crippen molar-refractivity contribution in [2.24, 2.45) is 5.73 Å². The summed E-state index contributed by atoms with van der Waals surface area (Å²) in [6.07, 6.45) is 1.72. The van der Waals surface area contributed by atoms with E-state index in [1.165, 1.54) is 0 Å². The Bertz CT molecular complexity index is 655. The molecular formula is C13H16N6S. The van der Waals surface area contributed by atoms with Crippen molar-refractivity contribution in [3.63, 3.8) is 0 Å². The van der Waals surface area contributed by atoms with Crippen molar-refractivity contribution in [2.75, 3.05) is 5.32 Å². The number of nitrogens with zero attached hydrogens (tertiary/aromatic N) is 4. The topological polar surface area (TPSA) is 89.6 Å². The molecule has 2 rings (SSSR count). The Labute approximate surface area is 122 Å². The van der Waals surface area contributed by atoms with Gasteiger partial charge in [0.05, 0.1) is 23.5 Å². The first kappa shape index (κ1) is 14.3. The highest BCUT2D eigenvalue weighted by Crippen LogP contribution is 2.18. The number of hydrogen-bond donors (Lipinski definition) is 2. The Kier molecular flexibility index (Phi) is 4.19. The molecule has 0 aromatic carbocycles. The van der Waals surface area contributed by atoms with Gasteiger partial charge in [-0.3, -0.25) is 0 Å². The van der Waals surface area contributed by atoms with Gasteiger partial charge >= 0.3 is 0 Å². The van der Waals surface area contributed by atoms with Crippen molar-refractivity contribution in [1.82, 2.24) is 20.2 Å². The summed E-state index contributed by atoms with van der Waals surface area (Å²) >= 11 is 5.09. The summed E-state index contributed by atoms with van der Waals surface area (Å²) in [5.41, 5.74) is 9.13. The van der Waals surface area contributed by atoms with Crippen LogP contribution in [0.15, 0.2) is 12.3 Å². The number of nitrogens with one attached hydrogen (secondary N) is 1. The predicted molar refractivity (Wildman–Crippen MR) is 81.5 cm³/mol. The molecule has 7 heteroatoms. The molecule has 0 bridgehead atoms. The van der Waals surface area contributed by atoms with Crippen LogP contribution in [0.4, 0.5) is 5.82 Å². The van der Waals surface area contributed by atoms with Gasteiger partial charge in [0.15, 0.2) is 5.82 Å². The molecule has 2 aromatic rings. The van der Waals surface area contributed by atoms with E-state index in [1.807, 2.05) is 26.8 Å². The van der Waals surface area contributed by atoms with Gasteiger partial charge in [0.2, 0.25) is 0 Å². The average molecular weight is 288 g/mol. The van der Waals surface area contributed by atoms with Crippen molar-refractivity contribution in [3.8, 4) is 0 Å². The van der Waals surface area contributed by atoms with Crippen LogP contribution in [-0.4, -0.2) is 25.2 Å². The fourth-order valence-electron chi connectivity index (χ4n) is 1.81. The third-order valence-corrected chi connectivity index (χ3v) is 3.18. The molecule has 0 atom stereocenters. The molecule has 0 radical (unpaired) electrons. The number of thiocarbonyl (C=S) groups is 1. The maximum atomic E-state index is 5.78. The van der Waals surface area contributed by atoms with E-state index in [9.17, 15) is 0 Å². The van der Waals surface area contributed by atoms with Crippen molar-refractivity contribution < 1.29 is 0 Å². The summed E-state index contributed by atoms with van der Waals surface area (Å²) in [6.45, 7) is 6.16. The van der Waals surface area contributed by atoms with Gasteiger partial charge in [-0.25, -0.2) is 9.97 Å². The van der Waals surface area contributed by atoms with Gasteiger partial charge in [-0.1, -0.05) is 12.2 Å². The van der Waals surface area contributed by atoms with Gasteiger partial charge in [0.25, 0.3) is 0 Å². The van der Waals surface area contributed by atoms with Crippen LogP contribution in [0.1, 0.15) is 28.3 Å². The molecule has 104 valence electrons. The highest BCUT2D eigenvalue weighted by molar-refractivity contribution is 7.80. The summed E-state index contributed by atoms with van der Waals surface area (Å²) in [6, 6.07) is 1.84. The van der Waals surface area contributed by atoms with Crippen molar-refractivity contribution in [3.05, 3.63) is 40.6 Å². The van der Waals surface area contributed by atoms with Crippen LogP contribution < -0.4 is 11.1 Å². The average Bonchev–Trinajstić information content (AvgIpc) is 2.39. The Morgan fingerprint density at radius 1 is 1.30 bits per heavy atom. The van der Waals surface area contributed by atoms with Crippen molar-refractivity contribution >= 4 is 23.0 Å². The van der Waals surface area contributed by atoms with Gasteiger partial charge in [-0.05, 0) is 32.4 Å². The molecule has 3 N–H and O–H groups in total. The minimum atomic E-state index is 0.307. The number of anilines is 1. The third kappa shape index (κ3) is 3.05. The lowest BCUT2D eigenvalue weighted by Gasteiger charge is -2.13. The smallest absolute Gasteiger partial charge is 0.159 e. The van der Waals surface area contributed by atoms with Crippen molar-refractivity contribution in [1.29, 1.82) is 0 Å². The normalized spacial score (nSPS) is 10.3. The molecule has 6 nitrogen and oxygen atoms in total. The highest BCUT2D eigenvalue weighted by atomic mass is 32.1. The van der Waals surface area contributed by atoms with Crippen LogP contribution in [0.5, 0.6) is 0 Å². The standard InChI is InChI=1S/C13H16N6S/c1-7-8(2)18-19-13(11(7)12(14)20)16-6-10-4-5-15-9(3)17-10/h4-5H,6H2,1-3H3,(H2,14,20)(H,16,19). The molecule has 0 spiro atoms. The highest BCUT2D eigenvalue weighted by Gasteiger charge is 2.13. The third-order valence-electron chi connectivity index (χ3n) is 2.97. The van der Waals surface area contributed by atoms with E-state index in [0.717, 1.165) is 28.3 Å². The maximum absolute atomic E-state index is 5.78. The first-order chi connectivity index (χ1) is 9.49. The first-order valence-electron chi connectivity index (χ1n) is 6.15. The maximum Gasteiger partial charge on any atom is 0.159 e. The Hall–Kier alpha value is -2.15. The molecule has 0 amide bonds. The van der Waals surface area contributed by atoms with Gasteiger partial charge in [-0.2, -0.15) is 5.10 Å². The quantitative estimate of drug-likeness (QED) is 0.823. The van der Waals surface area contributed by atoms with Gasteiger partial charge in [-0.15, -0.1) is 5.10 Å². The van der Waals surface area contributed by atoms with Gasteiger partial charge in [0, 0.05) is 6.20 Å². The summed E-state index contributed by atoms with van der Waals surface area (Å²) < 4.78 is 0. The molecule has 0 saturated carbocycles. The zero-order chi connectivity index (χ0) is 14.7. The fourth-order valence-corrected chi connectivity index (χ4v) is 2.06. The number of nitrogens with two attached hydrogens (primary N) is 1. The zero-order valence-corrected chi connectivity index (χ0v) is 12.5. The molecule has 0 aliphatic carbocycles. The fraction of sp³-hybridized carbons (Fsp3) is 0.308. The Morgan fingerprint density at radius 3 is 2.70 bits per heavy atom. The number of aromatic nitrogens is 4. The van der Waals surface area contributed by atoms with E-state index >= 15 is 0 Å². The minimum Gasteiger partial charge on any atom is -0.389 e. The zero-order valence-electron chi connectivity index (χ0n) is 11.6. The largest absolute Gasteiger partial charge is 0.389 e. The van der Waals surface area contributed by atoms with Crippen LogP contribution in [0.3, 0.4) is 0 Å². The molecule has 0 fully saturated rings. The second-order valence-electron chi connectivity index (χ2n) is 4.45. The summed E-state index contributed by atoms with van der Waals surface area (Å²) in [4.78, 5) is 8.68.